The van der Waals surface area contributed by atoms with Gasteiger partial charge in [-0.25, -0.2) is 18.4 Å². The summed E-state index contributed by atoms with van der Waals surface area (Å²) in [6, 6.07) is 10.5. The van der Waals surface area contributed by atoms with Crippen LogP contribution in [0.2, 0.25) is 30.7 Å². The van der Waals surface area contributed by atoms with Gasteiger partial charge in [0.15, 0.2) is 0 Å². The van der Waals surface area contributed by atoms with E-state index in [1.54, 1.807) is 18.5 Å². The van der Waals surface area contributed by atoms with Crippen molar-refractivity contribution in [1.82, 2.24) is 29.3 Å². The quantitative estimate of drug-likeness (QED) is 0.120. The first-order valence-corrected chi connectivity index (χ1v) is 20.8. The summed E-state index contributed by atoms with van der Waals surface area (Å²) in [4.78, 5) is 14.1. The molecule has 0 N–H and O–H groups in total. The third kappa shape index (κ3) is 6.98. The molecule has 0 unspecified atom stereocenters. The normalized spacial score (nSPS) is 15.8. The van der Waals surface area contributed by atoms with Gasteiger partial charge in [-0.05, 0) is 56.0 Å². The summed E-state index contributed by atoms with van der Waals surface area (Å²) in [5.74, 6) is 2.76. The van der Waals surface area contributed by atoms with Crippen LogP contribution in [0.3, 0.4) is 0 Å². The summed E-state index contributed by atoms with van der Waals surface area (Å²) in [7, 11) is -4.06. The number of nitrogens with zero attached hydrogens (tertiary/aromatic N) is 6. The zero-order valence-corrected chi connectivity index (χ0v) is 28.0. The molecule has 0 bridgehead atoms. The molecule has 0 saturated carbocycles. The van der Waals surface area contributed by atoms with Crippen LogP contribution in [0.1, 0.15) is 18.7 Å². The summed E-state index contributed by atoms with van der Waals surface area (Å²) >= 11 is 6.85. The molecule has 1 aliphatic heterocycles. The number of fused-ring (bicyclic) bond motifs is 2. The first-order valence-electron chi connectivity index (χ1n) is 14.9. The molecule has 3 aromatic heterocycles. The lowest BCUT2D eigenvalue weighted by Gasteiger charge is -2.21. The molecule has 0 radical (unpaired) electrons. The molecular weight excluding hydrogens is 616 g/mol. The minimum absolute atomic E-state index is 0.245. The van der Waals surface area contributed by atoms with Crippen LogP contribution < -0.4 is 4.74 Å². The smallest absolute Gasteiger partial charge is 0.150 e. The summed E-state index contributed by atoms with van der Waals surface area (Å²) < 4.78 is 39.7. The maximum Gasteiger partial charge on any atom is 0.150 e. The molecule has 10 nitrogen and oxygen atoms in total. The Balaban J connectivity index is 1.20. The van der Waals surface area contributed by atoms with Crippen LogP contribution in [-0.4, -0.2) is 63.9 Å². The number of hydrogen-bond acceptors (Lipinski definition) is 8. The predicted molar refractivity (Wildman–Crippen MR) is 176 cm³/mol. The highest BCUT2D eigenvalue weighted by molar-refractivity contribution is 7.91. The van der Waals surface area contributed by atoms with Crippen molar-refractivity contribution in [3.05, 3.63) is 59.8 Å². The fourth-order valence-corrected chi connectivity index (χ4v) is 7.92. The van der Waals surface area contributed by atoms with Crippen LogP contribution in [-0.2, 0) is 27.8 Å². The molecule has 0 aliphatic carbocycles. The Kier molecular flexibility index (Phi) is 8.53. The Morgan fingerprint density at radius 2 is 1.82 bits per heavy atom. The van der Waals surface area contributed by atoms with Gasteiger partial charge in [0, 0.05) is 39.1 Å². The number of halogens is 1. The van der Waals surface area contributed by atoms with Crippen LogP contribution in [0.5, 0.6) is 11.5 Å². The summed E-state index contributed by atoms with van der Waals surface area (Å²) in [6.45, 7) is 10.8. The molecule has 0 amide bonds. The zero-order chi connectivity index (χ0) is 31.1. The summed E-state index contributed by atoms with van der Waals surface area (Å²) in [5, 5.41) is 4.86. The van der Waals surface area contributed by atoms with E-state index in [2.05, 4.69) is 39.3 Å². The minimum atomic E-state index is -2.89. The van der Waals surface area contributed by atoms with Crippen LogP contribution in [0.25, 0.3) is 33.3 Å². The van der Waals surface area contributed by atoms with Gasteiger partial charge in [0.2, 0.25) is 0 Å². The van der Waals surface area contributed by atoms with Gasteiger partial charge >= 0.3 is 0 Å². The van der Waals surface area contributed by atoms with Crippen molar-refractivity contribution in [2.45, 2.75) is 58.7 Å². The highest BCUT2D eigenvalue weighted by Gasteiger charge is 2.24. The van der Waals surface area contributed by atoms with E-state index in [-0.39, 0.29) is 17.4 Å². The van der Waals surface area contributed by atoms with E-state index in [4.69, 9.17) is 26.1 Å². The van der Waals surface area contributed by atoms with E-state index < -0.39 is 17.9 Å². The van der Waals surface area contributed by atoms with Gasteiger partial charge in [-0.15, -0.1) is 0 Å². The average molecular weight is 653 g/mol. The van der Waals surface area contributed by atoms with Crippen molar-refractivity contribution in [2.75, 3.05) is 18.1 Å². The monoisotopic (exact) mass is 652 g/mol. The van der Waals surface area contributed by atoms with Crippen molar-refractivity contribution in [2.24, 2.45) is 5.92 Å². The molecule has 44 heavy (non-hydrogen) atoms. The third-order valence-electron chi connectivity index (χ3n) is 8.02. The number of rotatable bonds is 10. The molecule has 13 heteroatoms. The van der Waals surface area contributed by atoms with Crippen molar-refractivity contribution < 1.29 is 17.9 Å². The summed E-state index contributed by atoms with van der Waals surface area (Å²) in [5.41, 5.74) is 4.44. The predicted octanol–water partition coefficient (Wildman–Crippen LogP) is 6.73. The molecule has 1 fully saturated rings. The third-order valence-corrected chi connectivity index (χ3v) is 11.8. The Hall–Kier alpha value is -3.32. The molecule has 0 atom stereocenters. The van der Waals surface area contributed by atoms with E-state index in [1.165, 1.54) is 0 Å². The summed E-state index contributed by atoms with van der Waals surface area (Å²) in [6.07, 6.45) is 6.69. The molecule has 232 valence electrons. The van der Waals surface area contributed by atoms with Crippen molar-refractivity contribution in [3.63, 3.8) is 0 Å². The van der Waals surface area contributed by atoms with E-state index in [0.29, 0.717) is 59.4 Å². The van der Waals surface area contributed by atoms with Gasteiger partial charge < -0.3 is 14.0 Å². The number of imidazole rings is 1. The number of aryl methyl sites for hydroxylation is 1. The Morgan fingerprint density at radius 3 is 2.59 bits per heavy atom. The Labute approximate surface area is 263 Å². The molecule has 0 spiro atoms. The Morgan fingerprint density at radius 1 is 1.05 bits per heavy atom. The second-order valence-electron chi connectivity index (χ2n) is 12.7. The molecule has 5 aromatic rings. The number of sulfone groups is 1. The first kappa shape index (κ1) is 30.7. The number of hydrogen-bond donors (Lipinski definition) is 0. The van der Waals surface area contributed by atoms with Crippen molar-refractivity contribution >= 4 is 51.6 Å². The van der Waals surface area contributed by atoms with E-state index in [0.717, 1.165) is 35.1 Å². The van der Waals surface area contributed by atoms with Gasteiger partial charge in [-0.2, -0.15) is 5.10 Å². The SMILES string of the molecule is Cc1nc2ccc(Oc3ccc4ncc(-c5cnn(CC6CCS(=O)(=O)CC6)c5)nc4c3Cl)cc2n1COCC[Si](C)(C)C. The topological polar surface area (TPSA) is 114 Å². The van der Waals surface area contributed by atoms with E-state index in [1.807, 2.05) is 42.1 Å². The average Bonchev–Trinajstić information content (AvgIpc) is 3.56. The minimum Gasteiger partial charge on any atom is -0.456 e. The van der Waals surface area contributed by atoms with Gasteiger partial charge in [0.05, 0.1) is 46.1 Å². The van der Waals surface area contributed by atoms with Gasteiger partial charge in [-0.1, -0.05) is 31.2 Å². The molecule has 1 aliphatic rings. The fourth-order valence-electron chi connectivity index (χ4n) is 5.34. The maximum absolute atomic E-state index is 11.8. The fraction of sp³-hybridized carbons (Fsp3) is 0.419. The van der Waals surface area contributed by atoms with Gasteiger partial charge in [0.25, 0.3) is 0 Å². The van der Waals surface area contributed by atoms with Gasteiger partial charge in [-0.3, -0.25) is 9.67 Å². The lowest BCUT2D eigenvalue weighted by molar-refractivity contribution is 0.0885. The first-order chi connectivity index (χ1) is 20.9. The van der Waals surface area contributed by atoms with Crippen molar-refractivity contribution in [1.29, 1.82) is 0 Å². The molecule has 6 rings (SSSR count). The van der Waals surface area contributed by atoms with E-state index >= 15 is 0 Å². The lowest BCUT2D eigenvalue weighted by atomic mass is 10.0. The van der Waals surface area contributed by atoms with Crippen LogP contribution in [0, 0.1) is 12.8 Å². The maximum atomic E-state index is 11.8. The number of ether oxygens (including phenoxy) is 2. The largest absolute Gasteiger partial charge is 0.456 e. The van der Waals surface area contributed by atoms with Crippen LogP contribution >= 0.6 is 11.6 Å². The van der Waals surface area contributed by atoms with E-state index in [9.17, 15) is 8.42 Å². The molecule has 2 aromatic carbocycles. The zero-order valence-electron chi connectivity index (χ0n) is 25.5. The Bertz CT molecular complexity index is 1920. The van der Waals surface area contributed by atoms with Crippen LogP contribution in [0.15, 0.2) is 48.9 Å². The van der Waals surface area contributed by atoms with Crippen LogP contribution in [0.4, 0.5) is 0 Å². The second-order valence-corrected chi connectivity index (χ2v) is 21.0. The molecular formula is C31H37ClN6O4SSi. The number of benzene rings is 2. The van der Waals surface area contributed by atoms with Crippen molar-refractivity contribution in [3.8, 4) is 22.8 Å². The standard InChI is InChI=1S/C31H37ClN6O4SSi/c1-21-35-25-6-5-24(15-28(25)38(21)20-41-11-14-44(2,3)4)42-29-8-7-26-31(30(29)32)36-27(17-33-26)23-16-34-37(19-23)18-22-9-12-43(39,40)13-10-22/h5-8,15-17,19,22H,9-14,18,20H2,1-4H3. The molecule has 1 saturated heterocycles. The lowest BCUT2D eigenvalue weighted by Crippen LogP contribution is -2.26. The van der Waals surface area contributed by atoms with Gasteiger partial charge in [0.1, 0.15) is 44.4 Å². The second kappa shape index (κ2) is 12.2. The highest BCUT2D eigenvalue weighted by Crippen LogP contribution is 2.36. The molecule has 4 heterocycles. The highest BCUT2D eigenvalue weighted by atomic mass is 35.5. The number of aromatic nitrogens is 6.